The van der Waals surface area contributed by atoms with E-state index in [4.69, 9.17) is 5.73 Å². The first-order valence-electron chi connectivity index (χ1n) is 4.16. The van der Waals surface area contributed by atoms with E-state index in [1.807, 2.05) is 0 Å². The Bertz CT molecular complexity index is 93.4. The fourth-order valence-corrected chi connectivity index (χ4v) is 1.79. The van der Waals surface area contributed by atoms with Crippen molar-refractivity contribution in [2.24, 2.45) is 11.7 Å². The van der Waals surface area contributed by atoms with Crippen LogP contribution in [0, 0.1) is 5.92 Å². The van der Waals surface area contributed by atoms with Gasteiger partial charge in [0, 0.05) is 19.1 Å². The minimum absolute atomic E-state index is 0.420. The molecule has 0 bridgehead atoms. The normalized spacial score (nSPS) is 36.3. The maximum atomic E-state index is 5.85. The van der Waals surface area contributed by atoms with Crippen molar-refractivity contribution in [2.75, 3.05) is 20.1 Å². The van der Waals surface area contributed by atoms with Crippen LogP contribution in [0.5, 0.6) is 0 Å². The Kier molecular flexibility index (Phi) is 2.69. The van der Waals surface area contributed by atoms with Crippen LogP contribution in [-0.2, 0) is 0 Å². The first-order chi connectivity index (χ1) is 4.72. The standard InChI is InChI=1S/C8H18N2/c1-3-7-4-8(9)6-10(2)5-7/h7-8H,3-6,9H2,1-2H3/t7?,8-/m0/s1. The molecular weight excluding hydrogens is 124 g/mol. The largest absolute Gasteiger partial charge is 0.327 e. The molecule has 1 fully saturated rings. The van der Waals surface area contributed by atoms with Gasteiger partial charge in [0.25, 0.3) is 0 Å². The van der Waals surface area contributed by atoms with E-state index in [9.17, 15) is 0 Å². The molecule has 0 aromatic heterocycles. The Balaban J connectivity index is 2.35. The van der Waals surface area contributed by atoms with Gasteiger partial charge >= 0.3 is 0 Å². The molecule has 1 unspecified atom stereocenters. The van der Waals surface area contributed by atoms with Gasteiger partial charge < -0.3 is 10.6 Å². The molecule has 2 heteroatoms. The van der Waals surface area contributed by atoms with Crippen LogP contribution < -0.4 is 5.73 Å². The van der Waals surface area contributed by atoms with E-state index in [-0.39, 0.29) is 0 Å². The van der Waals surface area contributed by atoms with Gasteiger partial charge in [0.2, 0.25) is 0 Å². The number of nitrogens with two attached hydrogens (primary N) is 1. The smallest absolute Gasteiger partial charge is 0.0170 e. The van der Waals surface area contributed by atoms with Crippen LogP contribution in [0.25, 0.3) is 0 Å². The summed E-state index contributed by atoms with van der Waals surface area (Å²) in [6, 6.07) is 0.420. The molecule has 10 heavy (non-hydrogen) atoms. The van der Waals surface area contributed by atoms with Crippen LogP contribution in [0.1, 0.15) is 19.8 Å². The highest BCUT2D eigenvalue weighted by molar-refractivity contribution is 4.78. The van der Waals surface area contributed by atoms with E-state index in [1.54, 1.807) is 0 Å². The molecule has 0 saturated carbocycles. The first-order valence-corrected chi connectivity index (χ1v) is 4.16. The molecule has 1 aliphatic heterocycles. The monoisotopic (exact) mass is 142 g/mol. The van der Waals surface area contributed by atoms with Gasteiger partial charge in [-0.1, -0.05) is 13.3 Å². The van der Waals surface area contributed by atoms with Gasteiger partial charge in [0.15, 0.2) is 0 Å². The molecular formula is C8H18N2. The highest BCUT2D eigenvalue weighted by Gasteiger charge is 2.20. The van der Waals surface area contributed by atoms with Crippen LogP contribution in [0.2, 0.25) is 0 Å². The van der Waals surface area contributed by atoms with E-state index < -0.39 is 0 Å². The van der Waals surface area contributed by atoms with Gasteiger partial charge in [-0.2, -0.15) is 0 Å². The van der Waals surface area contributed by atoms with Crippen molar-refractivity contribution >= 4 is 0 Å². The summed E-state index contributed by atoms with van der Waals surface area (Å²) in [4.78, 5) is 2.34. The molecule has 0 aromatic rings. The van der Waals surface area contributed by atoms with Crippen molar-refractivity contribution in [3.63, 3.8) is 0 Å². The molecule has 0 radical (unpaired) electrons. The Morgan fingerprint density at radius 1 is 1.50 bits per heavy atom. The summed E-state index contributed by atoms with van der Waals surface area (Å²) in [5.41, 5.74) is 5.85. The summed E-state index contributed by atoms with van der Waals surface area (Å²) in [6.45, 7) is 4.57. The van der Waals surface area contributed by atoms with Crippen molar-refractivity contribution in [3.05, 3.63) is 0 Å². The molecule has 0 aliphatic carbocycles. The minimum Gasteiger partial charge on any atom is -0.327 e. The lowest BCUT2D eigenvalue weighted by Crippen LogP contribution is -2.44. The first kappa shape index (κ1) is 8.02. The Labute approximate surface area is 63.4 Å². The summed E-state index contributed by atoms with van der Waals surface area (Å²) in [6.07, 6.45) is 2.50. The molecule has 0 amide bonds. The average Bonchev–Trinajstić information content (AvgIpc) is 1.85. The van der Waals surface area contributed by atoms with Gasteiger partial charge in [0.05, 0.1) is 0 Å². The molecule has 0 aromatic carbocycles. The Morgan fingerprint density at radius 2 is 2.20 bits per heavy atom. The second-order valence-corrected chi connectivity index (χ2v) is 3.49. The number of hydrogen-bond donors (Lipinski definition) is 1. The zero-order chi connectivity index (χ0) is 7.56. The highest BCUT2D eigenvalue weighted by Crippen LogP contribution is 2.16. The lowest BCUT2D eigenvalue weighted by molar-refractivity contribution is 0.185. The molecule has 1 saturated heterocycles. The van der Waals surface area contributed by atoms with E-state index in [0.717, 1.165) is 12.5 Å². The predicted octanol–water partition coefficient (Wildman–Crippen LogP) is 0.675. The summed E-state index contributed by atoms with van der Waals surface area (Å²) in [5, 5.41) is 0. The minimum atomic E-state index is 0.420. The molecule has 2 nitrogen and oxygen atoms in total. The van der Waals surface area contributed by atoms with Gasteiger partial charge in [0.1, 0.15) is 0 Å². The molecule has 1 heterocycles. The molecule has 2 N–H and O–H groups in total. The van der Waals surface area contributed by atoms with E-state index >= 15 is 0 Å². The number of rotatable bonds is 1. The Hall–Kier alpha value is -0.0800. The predicted molar refractivity (Wildman–Crippen MR) is 43.9 cm³/mol. The number of nitrogens with zero attached hydrogens (tertiary/aromatic N) is 1. The lowest BCUT2D eigenvalue weighted by Gasteiger charge is -2.33. The van der Waals surface area contributed by atoms with E-state index in [1.165, 1.54) is 19.4 Å². The van der Waals surface area contributed by atoms with Crippen molar-refractivity contribution < 1.29 is 0 Å². The van der Waals surface area contributed by atoms with Gasteiger partial charge in [-0.05, 0) is 19.4 Å². The van der Waals surface area contributed by atoms with Crippen molar-refractivity contribution in [2.45, 2.75) is 25.8 Å². The van der Waals surface area contributed by atoms with Gasteiger partial charge in [-0.15, -0.1) is 0 Å². The summed E-state index contributed by atoms with van der Waals surface area (Å²) in [5.74, 6) is 0.841. The molecule has 1 aliphatic rings. The summed E-state index contributed by atoms with van der Waals surface area (Å²) in [7, 11) is 2.15. The van der Waals surface area contributed by atoms with Crippen LogP contribution in [0.4, 0.5) is 0 Å². The second-order valence-electron chi connectivity index (χ2n) is 3.49. The quantitative estimate of drug-likeness (QED) is 0.583. The van der Waals surface area contributed by atoms with Crippen LogP contribution >= 0.6 is 0 Å². The van der Waals surface area contributed by atoms with E-state index in [0.29, 0.717) is 6.04 Å². The maximum absolute atomic E-state index is 5.85. The number of likely N-dealkylation sites (N-methyl/N-ethyl adjacent to an activating group) is 1. The maximum Gasteiger partial charge on any atom is 0.0170 e. The summed E-state index contributed by atoms with van der Waals surface area (Å²) < 4.78 is 0. The fraction of sp³-hybridized carbons (Fsp3) is 1.00. The third-order valence-corrected chi connectivity index (χ3v) is 2.33. The van der Waals surface area contributed by atoms with Crippen LogP contribution in [0.15, 0.2) is 0 Å². The number of likely N-dealkylation sites (tertiary alicyclic amines) is 1. The van der Waals surface area contributed by atoms with Crippen LogP contribution in [-0.4, -0.2) is 31.1 Å². The third kappa shape index (κ3) is 1.96. The SMILES string of the molecule is CCC1C[C@H](N)CN(C)C1. The zero-order valence-electron chi connectivity index (χ0n) is 7.01. The Morgan fingerprint density at radius 3 is 2.70 bits per heavy atom. The third-order valence-electron chi connectivity index (χ3n) is 2.33. The van der Waals surface area contributed by atoms with Crippen molar-refractivity contribution in [1.29, 1.82) is 0 Å². The second kappa shape index (κ2) is 3.35. The zero-order valence-corrected chi connectivity index (χ0v) is 7.01. The average molecular weight is 142 g/mol. The molecule has 0 spiro atoms. The molecule has 2 atom stereocenters. The van der Waals surface area contributed by atoms with Crippen molar-refractivity contribution in [1.82, 2.24) is 4.90 Å². The lowest BCUT2D eigenvalue weighted by atomic mass is 9.93. The highest BCUT2D eigenvalue weighted by atomic mass is 15.1. The van der Waals surface area contributed by atoms with Gasteiger partial charge in [-0.3, -0.25) is 0 Å². The van der Waals surface area contributed by atoms with E-state index in [2.05, 4.69) is 18.9 Å². The number of piperidine rings is 1. The number of hydrogen-bond acceptors (Lipinski definition) is 2. The van der Waals surface area contributed by atoms with Crippen molar-refractivity contribution in [3.8, 4) is 0 Å². The fourth-order valence-electron chi connectivity index (χ4n) is 1.79. The van der Waals surface area contributed by atoms with Gasteiger partial charge in [-0.25, -0.2) is 0 Å². The molecule has 1 rings (SSSR count). The summed E-state index contributed by atoms with van der Waals surface area (Å²) >= 11 is 0. The topological polar surface area (TPSA) is 29.3 Å². The van der Waals surface area contributed by atoms with Crippen LogP contribution in [0.3, 0.4) is 0 Å². The molecule has 60 valence electrons.